The lowest BCUT2D eigenvalue weighted by atomic mass is 10.0. The third-order valence-corrected chi connectivity index (χ3v) is 11.2. The maximum atomic E-state index is 11.8. The van der Waals surface area contributed by atoms with Crippen molar-refractivity contribution in [1.82, 2.24) is 9.97 Å². The summed E-state index contributed by atoms with van der Waals surface area (Å²) >= 11 is 3.23. The highest BCUT2D eigenvalue weighted by atomic mass is 32.1. The van der Waals surface area contributed by atoms with Crippen LogP contribution in [0.4, 0.5) is 0 Å². The second-order valence-corrected chi connectivity index (χ2v) is 14.2. The first kappa shape index (κ1) is 30.0. The van der Waals surface area contributed by atoms with Crippen LogP contribution in [0, 0.1) is 0 Å². The molecule has 0 unspecified atom stereocenters. The van der Waals surface area contributed by atoms with E-state index in [2.05, 4.69) is 60.7 Å². The molecule has 5 heterocycles. The van der Waals surface area contributed by atoms with Crippen molar-refractivity contribution in [2.24, 2.45) is 0 Å². The van der Waals surface area contributed by atoms with Crippen molar-refractivity contribution < 1.29 is 10.2 Å². The highest BCUT2D eigenvalue weighted by Crippen LogP contribution is 2.45. The van der Waals surface area contributed by atoms with E-state index in [-0.39, 0.29) is 11.5 Å². The van der Waals surface area contributed by atoms with E-state index >= 15 is 0 Å². The molecule has 50 heavy (non-hydrogen) atoms. The van der Waals surface area contributed by atoms with Gasteiger partial charge < -0.3 is 10.2 Å². The molecule has 0 saturated carbocycles. The van der Waals surface area contributed by atoms with Crippen molar-refractivity contribution >= 4 is 65.1 Å². The normalized spacial score (nSPS) is 12.4. The Kier molecular flexibility index (Phi) is 7.46. The maximum absolute atomic E-state index is 11.8. The minimum absolute atomic E-state index is 0.242. The average molecular weight is 681 g/mol. The van der Waals surface area contributed by atoms with Crippen molar-refractivity contribution in [2.45, 2.75) is 0 Å². The summed E-state index contributed by atoms with van der Waals surface area (Å²) < 4.78 is 3.88. The number of aliphatic hydroxyl groups excluding tert-OH is 2. The largest absolute Gasteiger partial charge is 0.503 e. The molecule has 3 aromatic heterocycles. The van der Waals surface area contributed by atoms with Gasteiger partial charge in [-0.05, 0) is 58.7 Å². The van der Waals surface area contributed by atoms with Gasteiger partial charge in [0, 0.05) is 41.1 Å². The highest BCUT2D eigenvalue weighted by Gasteiger charge is 2.27. The number of benzene rings is 4. The monoisotopic (exact) mass is 680 g/mol. The van der Waals surface area contributed by atoms with Gasteiger partial charge in [-0.2, -0.15) is 0 Å². The van der Waals surface area contributed by atoms with Gasteiger partial charge in [0.15, 0.2) is 11.5 Å². The quantitative estimate of drug-likeness (QED) is 0.194. The Balaban J connectivity index is 1.52. The van der Waals surface area contributed by atoms with Gasteiger partial charge in [0.1, 0.15) is 11.4 Å². The summed E-state index contributed by atoms with van der Waals surface area (Å²) in [5, 5.41) is 23.5. The molecule has 4 nitrogen and oxygen atoms in total. The van der Waals surface area contributed by atoms with Gasteiger partial charge in [-0.3, -0.25) is 0 Å². The molecular weight excluding hydrogens is 653 g/mol. The first-order valence-corrected chi connectivity index (χ1v) is 17.9. The fourth-order valence-electron chi connectivity index (χ4n) is 6.69. The van der Waals surface area contributed by atoms with Crippen LogP contribution in [0.25, 0.3) is 87.0 Å². The van der Waals surface area contributed by atoms with E-state index in [1.807, 2.05) is 97.1 Å². The zero-order chi connectivity index (χ0) is 33.6. The van der Waals surface area contributed by atoms with Gasteiger partial charge in [0.2, 0.25) is 0 Å². The summed E-state index contributed by atoms with van der Waals surface area (Å²) in [6.07, 6.45) is 4.23. The van der Waals surface area contributed by atoms with Gasteiger partial charge in [-0.25, -0.2) is 9.97 Å². The minimum Gasteiger partial charge on any atom is -0.503 e. The second kappa shape index (κ2) is 12.4. The topological polar surface area (TPSA) is 66.2 Å². The lowest BCUT2D eigenvalue weighted by Gasteiger charge is -2.06. The molecule has 0 saturated heterocycles. The molecule has 8 bridgehead atoms. The molecule has 9 rings (SSSR count). The van der Waals surface area contributed by atoms with Crippen molar-refractivity contribution in [3.8, 4) is 44.5 Å². The van der Waals surface area contributed by atoms with Crippen molar-refractivity contribution in [3.05, 3.63) is 168 Å². The molecule has 0 radical (unpaired) electrons. The van der Waals surface area contributed by atoms with Crippen LogP contribution < -0.4 is 0 Å². The van der Waals surface area contributed by atoms with Crippen molar-refractivity contribution in [3.63, 3.8) is 0 Å². The summed E-state index contributed by atoms with van der Waals surface area (Å²) in [7, 11) is 0. The van der Waals surface area contributed by atoms with Gasteiger partial charge in [-0.15, -0.1) is 22.7 Å². The van der Waals surface area contributed by atoms with Crippen molar-refractivity contribution in [2.75, 3.05) is 0 Å². The van der Waals surface area contributed by atoms with Crippen LogP contribution in [0.15, 0.2) is 146 Å². The molecule has 0 aliphatic carbocycles. The number of fused-ring (bicyclic) bond motifs is 8. The summed E-state index contributed by atoms with van der Waals surface area (Å²) in [6, 6.07) is 49.0. The Morgan fingerprint density at radius 3 is 0.980 bits per heavy atom. The number of hydrogen-bond donors (Lipinski definition) is 2. The van der Waals surface area contributed by atoms with Crippen LogP contribution in [0.5, 0.6) is 0 Å². The molecule has 7 aromatic rings. The zero-order valence-corrected chi connectivity index (χ0v) is 28.2. The number of aliphatic hydroxyl groups is 2. The van der Waals surface area contributed by atoms with E-state index in [0.717, 1.165) is 74.7 Å². The van der Waals surface area contributed by atoms with Gasteiger partial charge in [-0.1, -0.05) is 121 Å². The Labute approximate surface area is 296 Å². The molecule has 0 spiro atoms. The number of nitrogens with zero attached hydrogens (tertiary/aromatic N) is 2. The maximum Gasteiger partial charge on any atom is 0.186 e. The van der Waals surface area contributed by atoms with Crippen LogP contribution in [-0.4, -0.2) is 20.2 Å². The Hall–Kier alpha value is -6.08. The Morgan fingerprint density at radius 1 is 0.340 bits per heavy atom. The summed E-state index contributed by atoms with van der Waals surface area (Å²) in [5.74, 6) is -0.483. The molecule has 2 aliphatic heterocycles. The van der Waals surface area contributed by atoms with E-state index in [1.165, 1.54) is 0 Å². The molecule has 238 valence electrons. The van der Waals surface area contributed by atoms with Crippen molar-refractivity contribution in [1.29, 1.82) is 0 Å². The SMILES string of the molecule is OC1=C(O)c2nc1c(-c1ccccc1)c1ccc(s1)c(-c1ccccc1)c1nc(c(-c3ccccc3)c3ccc(s3)c2-c2ccccc2)C=C1. The highest BCUT2D eigenvalue weighted by molar-refractivity contribution is 7.24. The Morgan fingerprint density at radius 2 is 0.640 bits per heavy atom. The number of hydrogen-bond acceptors (Lipinski definition) is 6. The van der Waals surface area contributed by atoms with Crippen LogP contribution in [0.1, 0.15) is 22.8 Å². The number of aromatic nitrogens is 2. The van der Waals surface area contributed by atoms with Gasteiger partial charge in [0.25, 0.3) is 0 Å². The molecule has 0 amide bonds. The average Bonchev–Trinajstić information content (AvgIpc) is 3.99. The molecule has 0 atom stereocenters. The van der Waals surface area contributed by atoms with E-state index in [0.29, 0.717) is 11.4 Å². The third kappa shape index (κ3) is 5.13. The molecule has 4 aromatic carbocycles. The lowest BCUT2D eigenvalue weighted by Crippen LogP contribution is -1.88. The molecular formula is C44H28N2O2S2. The molecule has 0 fully saturated rings. The number of rotatable bonds is 4. The van der Waals surface area contributed by atoms with Gasteiger partial charge in [0.05, 0.1) is 11.4 Å². The van der Waals surface area contributed by atoms with Crippen LogP contribution in [-0.2, 0) is 0 Å². The summed E-state index contributed by atoms with van der Waals surface area (Å²) in [6.45, 7) is 0. The van der Waals surface area contributed by atoms with Gasteiger partial charge >= 0.3 is 0 Å². The van der Waals surface area contributed by atoms with Crippen LogP contribution >= 0.6 is 22.7 Å². The minimum atomic E-state index is -0.242. The second-order valence-electron chi connectivity index (χ2n) is 12.0. The standard InChI is InChI=1S/C44H28N2O2S2/c47-43-41-39(29-17-9-3-10-18-29)35-25-23-33(49-35)37(27-13-5-1-6-14-27)31-21-22-32(45-31)38(28-15-7-2-8-16-28)34-24-26-36(50-34)40(42(46-41)44(43)48)30-19-11-4-12-20-30/h1-26,47-48H. The lowest BCUT2D eigenvalue weighted by molar-refractivity contribution is 0.464. The predicted molar refractivity (Wildman–Crippen MR) is 211 cm³/mol. The molecule has 6 heteroatoms. The summed E-state index contributed by atoms with van der Waals surface area (Å²) in [4.78, 5) is 10.5. The van der Waals surface area contributed by atoms with Crippen LogP contribution in [0.2, 0.25) is 0 Å². The van der Waals surface area contributed by atoms with E-state index in [9.17, 15) is 10.2 Å². The van der Waals surface area contributed by atoms with E-state index < -0.39 is 0 Å². The fraction of sp³-hybridized carbons (Fsp3) is 0. The summed E-state index contributed by atoms with van der Waals surface area (Å²) in [5.41, 5.74) is 9.86. The fourth-order valence-corrected chi connectivity index (χ4v) is 8.99. The molecule has 2 aliphatic rings. The van der Waals surface area contributed by atoms with E-state index in [4.69, 9.17) is 9.97 Å². The first-order chi connectivity index (χ1) is 24.6. The smallest absolute Gasteiger partial charge is 0.186 e. The Bertz CT molecular complexity index is 2460. The first-order valence-electron chi connectivity index (χ1n) is 16.3. The predicted octanol–water partition coefficient (Wildman–Crippen LogP) is 12.6. The van der Waals surface area contributed by atoms with Crippen LogP contribution in [0.3, 0.4) is 0 Å². The molecule has 2 N–H and O–H groups in total. The third-order valence-electron chi connectivity index (χ3n) is 8.97. The van der Waals surface area contributed by atoms with E-state index in [1.54, 1.807) is 22.7 Å². The number of thiophene rings is 2. The zero-order valence-electron chi connectivity index (χ0n) is 26.6.